The number of halogens is 3. The fraction of sp³-hybridized carbons (Fsp3) is 0. The summed E-state index contributed by atoms with van der Waals surface area (Å²) in [7, 11) is 0. The molecule has 0 amide bonds. The minimum atomic E-state index is 0. The maximum Gasteiger partial charge on any atom is 2.00 e. The topological polar surface area (TPSA) is 0 Å². The molecule has 0 aliphatic heterocycles. The molecule has 5 heteroatoms. The van der Waals surface area contributed by atoms with E-state index >= 15 is 0 Å². The summed E-state index contributed by atoms with van der Waals surface area (Å²) in [6, 6.07) is 0. The molecule has 33 valence electrons. The van der Waals surface area contributed by atoms with E-state index in [4.69, 9.17) is 0 Å². The third-order valence-corrected chi connectivity index (χ3v) is 0. The quantitative estimate of drug-likeness (QED) is 0.388. The Kier molecular flexibility index (Phi) is 248. The zero-order chi connectivity index (χ0) is 0. The molecule has 1 radical (unpaired) electrons. The van der Waals surface area contributed by atoms with Gasteiger partial charge in [0.15, 0.2) is 0 Å². The van der Waals surface area contributed by atoms with E-state index in [1.807, 2.05) is 0 Å². The van der Waals surface area contributed by atoms with Gasteiger partial charge in [-0.3, -0.25) is 0 Å². The van der Waals surface area contributed by atoms with Gasteiger partial charge in [0.05, 0.1) is 0 Å². The Morgan fingerprint density at radius 2 is 0.600 bits per heavy atom. The van der Waals surface area contributed by atoms with Crippen LogP contribution in [0.1, 0.15) is 0 Å². The molecule has 0 aliphatic carbocycles. The smallest absolute Gasteiger partial charge is 1.00 e. The molecule has 0 spiro atoms. The summed E-state index contributed by atoms with van der Waals surface area (Å²) in [6.45, 7) is 0. The Labute approximate surface area is 95.9 Å². The Morgan fingerprint density at radius 3 is 0.600 bits per heavy atom. The Bertz CT molecular complexity index is 6.85. The summed E-state index contributed by atoms with van der Waals surface area (Å²) in [6.07, 6.45) is 0. The summed E-state index contributed by atoms with van der Waals surface area (Å²) in [5.41, 5.74) is 0. The van der Waals surface area contributed by atoms with Gasteiger partial charge < -0.3 is 50.9 Å². The van der Waals surface area contributed by atoms with Crippen LogP contribution in [0.15, 0.2) is 0 Å². The van der Waals surface area contributed by atoms with Gasteiger partial charge in [-0.2, -0.15) is 0 Å². The fourth-order valence-electron chi connectivity index (χ4n) is 0. The third kappa shape index (κ3) is 19.5. The Morgan fingerprint density at radius 1 is 0.600 bits per heavy atom. The van der Waals surface area contributed by atoms with Crippen molar-refractivity contribution in [3.8, 4) is 0 Å². The van der Waals surface area contributed by atoms with Gasteiger partial charge >= 0.3 is 46.6 Å². The first-order valence-corrected chi connectivity index (χ1v) is 0. The molecule has 0 atom stereocenters. The van der Waals surface area contributed by atoms with Crippen molar-refractivity contribution in [1.29, 1.82) is 0 Å². The van der Waals surface area contributed by atoms with Gasteiger partial charge in [-0.25, -0.2) is 0 Å². The van der Waals surface area contributed by atoms with Crippen molar-refractivity contribution in [2.45, 2.75) is 0 Å². The summed E-state index contributed by atoms with van der Waals surface area (Å²) in [5, 5.41) is 0. The van der Waals surface area contributed by atoms with Crippen LogP contribution in [0.25, 0.3) is 0 Å². The van der Waals surface area contributed by atoms with E-state index in [0.717, 1.165) is 0 Å². The van der Waals surface area contributed by atoms with E-state index in [2.05, 4.69) is 0 Å². The van der Waals surface area contributed by atoms with E-state index in [9.17, 15) is 0 Å². The summed E-state index contributed by atoms with van der Waals surface area (Å²) >= 11 is 0. The molecule has 0 heterocycles. The van der Waals surface area contributed by atoms with Gasteiger partial charge in [0.2, 0.25) is 0 Å². The van der Waals surface area contributed by atoms with E-state index in [1.54, 1.807) is 0 Å². The molecule has 0 fully saturated rings. The second-order valence-corrected chi connectivity index (χ2v) is 0. The van der Waals surface area contributed by atoms with Crippen molar-refractivity contribution in [2.75, 3.05) is 0 Å². The Hall–Kier alpha value is 2.96. The van der Waals surface area contributed by atoms with E-state index < -0.39 is 0 Å². The van der Waals surface area contributed by atoms with Crippen LogP contribution in [-0.2, 0) is 17.1 Å². The largest absolute Gasteiger partial charge is 2.00 e. The molecule has 0 aromatic heterocycles. The summed E-state index contributed by atoms with van der Waals surface area (Å²) in [5.74, 6) is 0. The molecule has 0 aromatic carbocycles. The van der Waals surface area contributed by atoms with Crippen molar-refractivity contribution < 1.29 is 97.6 Å². The molecular weight excluding hydrogens is 326 g/mol. The molecule has 0 N–H and O–H groups in total. The molecule has 0 rings (SSSR count). The molecule has 0 aromatic rings. The van der Waals surface area contributed by atoms with Gasteiger partial charge in [-0.1, -0.05) is 0 Å². The number of rotatable bonds is 0. The van der Waals surface area contributed by atoms with Crippen LogP contribution in [-0.4, -0.2) is 0 Å². The normalized spacial score (nSPS) is 0. The average Bonchev–Trinajstić information content (AvgIpc) is 0. The molecule has 0 bridgehead atoms. The molecule has 0 aliphatic rings. The SMILES string of the molecule is [Br-].[Br-].[Br-].[Cu+2].[Na+]. The minimum Gasteiger partial charge on any atom is -1.00 e. The molecule has 5 heavy (non-hydrogen) atoms. The van der Waals surface area contributed by atoms with Crippen LogP contribution < -0.4 is 80.5 Å². The van der Waals surface area contributed by atoms with E-state index in [-0.39, 0.29) is 97.6 Å². The van der Waals surface area contributed by atoms with Crippen molar-refractivity contribution in [3.63, 3.8) is 0 Å². The second kappa shape index (κ2) is 28.2. The predicted octanol–water partition coefficient (Wildman–Crippen LogP) is -12.0. The van der Waals surface area contributed by atoms with Crippen LogP contribution in [0.2, 0.25) is 0 Å². The van der Waals surface area contributed by atoms with Gasteiger partial charge in [0, 0.05) is 0 Å². The maximum atomic E-state index is 0. The van der Waals surface area contributed by atoms with Gasteiger partial charge in [0.1, 0.15) is 0 Å². The summed E-state index contributed by atoms with van der Waals surface area (Å²) in [4.78, 5) is 0. The monoisotopic (exact) mass is 323 g/mol. The standard InChI is InChI=1S/3BrH.Cu.Na/h3*1H;;/q;;;+2;+1/p-3. The zero-order valence-electron chi connectivity index (χ0n) is 2.44. The first-order valence-electron chi connectivity index (χ1n) is 0. The van der Waals surface area contributed by atoms with Gasteiger partial charge in [-0.15, -0.1) is 0 Å². The first-order chi connectivity index (χ1) is 0. The maximum absolute atomic E-state index is 0. The minimum absolute atomic E-state index is 0. The molecular formula is Br3CuNa. The molecule has 0 nitrogen and oxygen atoms in total. The van der Waals surface area contributed by atoms with Gasteiger partial charge in [0.25, 0.3) is 0 Å². The second-order valence-electron chi connectivity index (χ2n) is 0. The number of hydrogen-bond acceptors (Lipinski definition) is 0. The molecule has 0 unspecified atom stereocenters. The van der Waals surface area contributed by atoms with Gasteiger partial charge in [-0.05, 0) is 0 Å². The van der Waals surface area contributed by atoms with Crippen LogP contribution in [0.5, 0.6) is 0 Å². The van der Waals surface area contributed by atoms with Crippen molar-refractivity contribution >= 4 is 0 Å². The Balaban J connectivity index is 0. The van der Waals surface area contributed by atoms with E-state index in [1.165, 1.54) is 0 Å². The zero-order valence-corrected chi connectivity index (χ0v) is 10.1. The summed E-state index contributed by atoms with van der Waals surface area (Å²) < 4.78 is 0. The van der Waals surface area contributed by atoms with Crippen LogP contribution in [0, 0.1) is 0 Å². The van der Waals surface area contributed by atoms with E-state index in [0.29, 0.717) is 0 Å². The third-order valence-electron chi connectivity index (χ3n) is 0. The van der Waals surface area contributed by atoms with Crippen molar-refractivity contribution in [3.05, 3.63) is 0 Å². The number of hydrogen-bond donors (Lipinski definition) is 0. The van der Waals surface area contributed by atoms with Crippen LogP contribution in [0.4, 0.5) is 0 Å². The predicted molar refractivity (Wildman–Crippen MR) is 0 cm³/mol. The first kappa shape index (κ1) is 44.0. The molecule has 0 saturated carbocycles. The van der Waals surface area contributed by atoms with Crippen molar-refractivity contribution in [1.82, 2.24) is 0 Å². The van der Waals surface area contributed by atoms with Crippen LogP contribution >= 0.6 is 0 Å². The van der Waals surface area contributed by atoms with Crippen LogP contribution in [0.3, 0.4) is 0 Å². The van der Waals surface area contributed by atoms with Crippen molar-refractivity contribution in [2.24, 2.45) is 0 Å². The average molecular weight is 326 g/mol. The molecule has 0 saturated heterocycles. The fourth-order valence-corrected chi connectivity index (χ4v) is 0.